The van der Waals surface area contributed by atoms with E-state index in [1.165, 1.54) is 17.2 Å². The molecule has 0 unspecified atom stereocenters. The number of para-hydroxylation sites is 1. The highest BCUT2D eigenvalue weighted by atomic mass is 16.3. The molecule has 0 spiro atoms. The van der Waals surface area contributed by atoms with Crippen molar-refractivity contribution in [1.82, 2.24) is 10.6 Å². The third kappa shape index (κ3) is 5.47. The van der Waals surface area contributed by atoms with Crippen LogP contribution in [0.1, 0.15) is 48.7 Å². The summed E-state index contributed by atoms with van der Waals surface area (Å²) in [5.41, 5.74) is 1.65. The number of carbonyl (C=O) groups excluding carboxylic acids is 3. The normalized spacial score (nSPS) is 13.8. The zero-order valence-corrected chi connectivity index (χ0v) is 16.6. The van der Waals surface area contributed by atoms with Gasteiger partial charge in [0.2, 0.25) is 11.8 Å². The van der Waals surface area contributed by atoms with Crippen LogP contribution in [0.4, 0.5) is 5.69 Å². The van der Waals surface area contributed by atoms with E-state index in [0.29, 0.717) is 5.69 Å². The van der Waals surface area contributed by atoms with Gasteiger partial charge in [0.05, 0.1) is 12.8 Å². The molecule has 0 radical (unpaired) electrons. The highest BCUT2D eigenvalue weighted by Gasteiger charge is 2.24. The minimum Gasteiger partial charge on any atom is -0.459 e. The molecule has 0 aliphatic heterocycles. The molecule has 2 aromatic rings. The molecule has 3 amide bonds. The van der Waals surface area contributed by atoms with Crippen LogP contribution in [0.25, 0.3) is 0 Å². The van der Waals surface area contributed by atoms with Gasteiger partial charge >= 0.3 is 0 Å². The zero-order chi connectivity index (χ0) is 20.6. The number of nitrogens with one attached hydrogen (secondary N) is 2. The summed E-state index contributed by atoms with van der Waals surface area (Å²) in [4.78, 5) is 39.1. The average molecular weight is 397 g/mol. The van der Waals surface area contributed by atoms with E-state index in [-0.39, 0.29) is 36.7 Å². The smallest absolute Gasteiger partial charge is 0.287 e. The van der Waals surface area contributed by atoms with Crippen LogP contribution in [-0.4, -0.2) is 36.9 Å². The standard InChI is InChI=1S/C22H27N3O4/c1-2-16-8-3-6-11-18(16)25(15-20(26)24-17-9-4-5-10-17)21(27)14-23-22(28)19-12-7-13-29-19/h3,6-8,11-13,17H,2,4-5,9-10,14-15H2,1H3,(H,23,28)(H,24,26). The average Bonchev–Trinajstić information content (AvgIpc) is 3.44. The van der Waals surface area contributed by atoms with Gasteiger partial charge in [0.25, 0.3) is 5.91 Å². The van der Waals surface area contributed by atoms with Crippen molar-refractivity contribution >= 4 is 23.4 Å². The fourth-order valence-electron chi connectivity index (χ4n) is 3.61. The van der Waals surface area contributed by atoms with Gasteiger partial charge in [0.15, 0.2) is 5.76 Å². The second-order valence-electron chi connectivity index (χ2n) is 7.17. The van der Waals surface area contributed by atoms with Crippen LogP contribution in [-0.2, 0) is 16.0 Å². The molecule has 1 aromatic heterocycles. The van der Waals surface area contributed by atoms with Gasteiger partial charge in [-0.15, -0.1) is 0 Å². The summed E-state index contributed by atoms with van der Waals surface area (Å²) in [6, 6.07) is 10.8. The van der Waals surface area contributed by atoms with E-state index in [4.69, 9.17) is 4.42 Å². The fourth-order valence-corrected chi connectivity index (χ4v) is 3.61. The molecule has 1 fully saturated rings. The molecule has 1 aliphatic carbocycles. The Bertz CT molecular complexity index is 842. The summed E-state index contributed by atoms with van der Waals surface area (Å²) in [5.74, 6) is -0.874. The monoisotopic (exact) mass is 397 g/mol. The molecule has 1 aliphatic rings. The summed E-state index contributed by atoms with van der Waals surface area (Å²) in [6.45, 7) is 1.69. The predicted octanol–water partition coefficient (Wildman–Crippen LogP) is 2.66. The Morgan fingerprint density at radius 3 is 2.55 bits per heavy atom. The quantitative estimate of drug-likeness (QED) is 0.716. The molecular weight excluding hydrogens is 370 g/mol. The third-order valence-electron chi connectivity index (χ3n) is 5.13. The maximum absolute atomic E-state index is 13.0. The Hall–Kier alpha value is -3.09. The Labute approximate surface area is 170 Å². The lowest BCUT2D eigenvalue weighted by molar-refractivity contribution is -0.123. The molecule has 0 atom stereocenters. The first-order valence-corrected chi connectivity index (χ1v) is 10.1. The second kappa shape index (κ2) is 9.91. The van der Waals surface area contributed by atoms with E-state index in [2.05, 4.69) is 10.6 Å². The minimum absolute atomic E-state index is 0.0804. The summed E-state index contributed by atoms with van der Waals surface area (Å²) < 4.78 is 5.05. The predicted molar refractivity (Wildman–Crippen MR) is 110 cm³/mol. The number of hydrogen-bond acceptors (Lipinski definition) is 4. The van der Waals surface area contributed by atoms with Gasteiger partial charge in [-0.2, -0.15) is 0 Å². The number of anilines is 1. The fraction of sp³-hybridized carbons (Fsp3) is 0.409. The topological polar surface area (TPSA) is 91.7 Å². The summed E-state index contributed by atoms with van der Waals surface area (Å²) >= 11 is 0. The van der Waals surface area contributed by atoms with Crippen LogP contribution >= 0.6 is 0 Å². The first-order chi connectivity index (χ1) is 14.1. The SMILES string of the molecule is CCc1ccccc1N(CC(=O)NC1CCCC1)C(=O)CNC(=O)c1ccco1. The number of rotatable bonds is 8. The van der Waals surface area contributed by atoms with Crippen molar-refractivity contribution < 1.29 is 18.8 Å². The van der Waals surface area contributed by atoms with E-state index in [1.54, 1.807) is 6.07 Å². The number of nitrogens with zero attached hydrogens (tertiary/aromatic N) is 1. The Kier molecular flexibility index (Phi) is 7.05. The number of carbonyl (C=O) groups is 3. The van der Waals surface area contributed by atoms with E-state index in [0.717, 1.165) is 37.7 Å². The summed E-state index contributed by atoms with van der Waals surface area (Å²) in [7, 11) is 0. The molecule has 3 rings (SSSR count). The zero-order valence-electron chi connectivity index (χ0n) is 16.6. The van der Waals surface area contributed by atoms with Crippen LogP contribution in [0, 0.1) is 0 Å². The van der Waals surface area contributed by atoms with Crippen LogP contribution in [0.3, 0.4) is 0 Å². The second-order valence-corrected chi connectivity index (χ2v) is 7.17. The molecule has 2 N–H and O–H groups in total. The van der Waals surface area contributed by atoms with Crippen molar-refractivity contribution in [3.8, 4) is 0 Å². The van der Waals surface area contributed by atoms with Crippen molar-refractivity contribution in [3.05, 3.63) is 54.0 Å². The van der Waals surface area contributed by atoms with Gasteiger partial charge in [-0.25, -0.2) is 0 Å². The molecule has 7 nitrogen and oxygen atoms in total. The lowest BCUT2D eigenvalue weighted by Crippen LogP contribution is -2.47. The highest BCUT2D eigenvalue weighted by Crippen LogP contribution is 2.22. The van der Waals surface area contributed by atoms with Gasteiger partial charge in [-0.3, -0.25) is 14.4 Å². The highest BCUT2D eigenvalue weighted by molar-refractivity contribution is 6.02. The van der Waals surface area contributed by atoms with E-state index in [9.17, 15) is 14.4 Å². The molecular formula is C22H27N3O4. The van der Waals surface area contributed by atoms with Crippen LogP contribution in [0.5, 0.6) is 0 Å². The Morgan fingerprint density at radius 2 is 1.86 bits per heavy atom. The van der Waals surface area contributed by atoms with Crippen molar-refractivity contribution in [2.24, 2.45) is 0 Å². The molecule has 0 saturated heterocycles. The van der Waals surface area contributed by atoms with Crippen molar-refractivity contribution in [2.75, 3.05) is 18.0 Å². The molecule has 7 heteroatoms. The van der Waals surface area contributed by atoms with Crippen molar-refractivity contribution in [2.45, 2.75) is 45.1 Å². The molecule has 1 aromatic carbocycles. The van der Waals surface area contributed by atoms with E-state index in [1.807, 2.05) is 31.2 Å². The molecule has 1 saturated carbocycles. The molecule has 29 heavy (non-hydrogen) atoms. The van der Waals surface area contributed by atoms with Crippen LogP contribution < -0.4 is 15.5 Å². The van der Waals surface area contributed by atoms with E-state index < -0.39 is 5.91 Å². The largest absolute Gasteiger partial charge is 0.459 e. The summed E-state index contributed by atoms with van der Waals surface area (Å²) in [6.07, 6.45) is 6.31. The van der Waals surface area contributed by atoms with Crippen LogP contribution in [0.2, 0.25) is 0 Å². The first kappa shape index (κ1) is 20.6. The Balaban J connectivity index is 1.71. The summed E-state index contributed by atoms with van der Waals surface area (Å²) in [5, 5.41) is 5.59. The first-order valence-electron chi connectivity index (χ1n) is 10.1. The van der Waals surface area contributed by atoms with Gasteiger partial charge in [-0.1, -0.05) is 38.0 Å². The van der Waals surface area contributed by atoms with E-state index >= 15 is 0 Å². The number of hydrogen-bond donors (Lipinski definition) is 2. The number of furan rings is 1. The van der Waals surface area contributed by atoms with Gasteiger partial charge < -0.3 is 20.0 Å². The Morgan fingerprint density at radius 1 is 1.10 bits per heavy atom. The van der Waals surface area contributed by atoms with Gasteiger partial charge in [0, 0.05) is 11.7 Å². The molecule has 154 valence electrons. The maximum atomic E-state index is 13.0. The number of aryl methyl sites for hydroxylation is 1. The lowest BCUT2D eigenvalue weighted by atomic mass is 10.1. The molecule has 1 heterocycles. The van der Waals surface area contributed by atoms with Gasteiger partial charge in [0.1, 0.15) is 6.54 Å². The van der Waals surface area contributed by atoms with Gasteiger partial charge in [-0.05, 0) is 43.0 Å². The van der Waals surface area contributed by atoms with Crippen molar-refractivity contribution in [1.29, 1.82) is 0 Å². The molecule has 0 bridgehead atoms. The number of amides is 3. The number of benzene rings is 1. The lowest BCUT2D eigenvalue weighted by Gasteiger charge is -2.25. The maximum Gasteiger partial charge on any atom is 0.287 e. The third-order valence-corrected chi connectivity index (χ3v) is 5.13. The minimum atomic E-state index is -0.470. The van der Waals surface area contributed by atoms with Crippen LogP contribution in [0.15, 0.2) is 47.1 Å². The van der Waals surface area contributed by atoms with Crippen molar-refractivity contribution in [3.63, 3.8) is 0 Å².